The van der Waals surface area contributed by atoms with Gasteiger partial charge in [0, 0.05) is 19.2 Å². The number of fused-ring (bicyclic) bond motifs is 1. The molecule has 1 aliphatic rings. The maximum Gasteiger partial charge on any atom is 0.266 e. The average Bonchev–Trinajstić information content (AvgIpc) is 2.78. The molecule has 92 valence electrons. The van der Waals surface area contributed by atoms with Crippen LogP contribution in [0.5, 0.6) is 0 Å². The van der Waals surface area contributed by atoms with Gasteiger partial charge in [0.05, 0.1) is 13.2 Å². The van der Waals surface area contributed by atoms with E-state index in [0.29, 0.717) is 19.6 Å². The van der Waals surface area contributed by atoms with Crippen molar-refractivity contribution in [2.75, 3.05) is 25.6 Å². The molecule has 0 saturated heterocycles. The number of rotatable bonds is 5. The first-order chi connectivity index (χ1) is 8.31. The summed E-state index contributed by atoms with van der Waals surface area (Å²) in [7, 11) is 1.58. The molecule has 5 nitrogen and oxygen atoms in total. The number of hydrogen-bond acceptors (Lipinski definition) is 4. The zero-order valence-electron chi connectivity index (χ0n) is 9.73. The molecule has 0 aliphatic carbocycles. The lowest BCUT2D eigenvalue weighted by Crippen LogP contribution is -2.38. The predicted molar refractivity (Wildman–Crippen MR) is 63.5 cm³/mol. The van der Waals surface area contributed by atoms with Crippen molar-refractivity contribution in [3.63, 3.8) is 0 Å². The maximum absolute atomic E-state index is 11.7. The Hall–Kier alpha value is -1.59. The molecular formula is C12H16N2O3. The van der Waals surface area contributed by atoms with Crippen LogP contribution in [0.2, 0.25) is 0 Å². The number of ether oxygens (including phenoxy) is 1. The van der Waals surface area contributed by atoms with Gasteiger partial charge in [-0.15, -0.1) is 0 Å². The summed E-state index contributed by atoms with van der Waals surface area (Å²) in [6.45, 7) is 0.806. The normalized spacial score (nSPS) is 17.4. The third-order valence-corrected chi connectivity index (χ3v) is 2.65. The Bertz CT molecular complexity index is 370. The van der Waals surface area contributed by atoms with Crippen LogP contribution in [0.25, 0.3) is 0 Å². The van der Waals surface area contributed by atoms with Crippen LogP contribution in [0.3, 0.4) is 0 Å². The predicted octanol–water partition coefficient (Wildman–Crippen LogP) is 0.717. The number of benzene rings is 1. The van der Waals surface area contributed by atoms with E-state index in [0.717, 1.165) is 11.3 Å². The van der Waals surface area contributed by atoms with Crippen molar-refractivity contribution >= 4 is 11.6 Å². The van der Waals surface area contributed by atoms with E-state index in [2.05, 4.69) is 10.8 Å². The lowest BCUT2D eigenvalue weighted by molar-refractivity contribution is -0.135. The molecular weight excluding hydrogens is 220 g/mol. The summed E-state index contributed by atoms with van der Waals surface area (Å²) in [5.74, 6) is -0.155. The number of carbonyl (C=O) groups is 1. The van der Waals surface area contributed by atoms with Crippen molar-refractivity contribution in [3.8, 4) is 0 Å². The first kappa shape index (κ1) is 11.9. The fourth-order valence-corrected chi connectivity index (χ4v) is 1.77. The van der Waals surface area contributed by atoms with E-state index >= 15 is 0 Å². The summed E-state index contributed by atoms with van der Waals surface area (Å²) >= 11 is 0. The Morgan fingerprint density at radius 3 is 3.06 bits per heavy atom. The Morgan fingerprint density at radius 2 is 2.29 bits per heavy atom. The molecule has 0 fully saturated rings. The van der Waals surface area contributed by atoms with Crippen molar-refractivity contribution in [2.45, 2.75) is 12.5 Å². The minimum absolute atomic E-state index is 0.155. The van der Waals surface area contributed by atoms with Gasteiger partial charge in [0.1, 0.15) is 6.04 Å². The fourth-order valence-electron chi connectivity index (χ4n) is 1.77. The molecule has 5 heteroatoms. The van der Waals surface area contributed by atoms with Crippen LogP contribution >= 0.6 is 0 Å². The largest absolute Gasteiger partial charge is 0.382 e. The Morgan fingerprint density at radius 1 is 1.47 bits per heavy atom. The second kappa shape index (κ2) is 5.65. The number of amides is 1. The highest BCUT2D eigenvalue weighted by Crippen LogP contribution is 2.24. The number of anilines is 1. The van der Waals surface area contributed by atoms with E-state index in [1.165, 1.54) is 0 Å². The number of hydrogen-bond donors (Lipinski definition) is 2. The molecule has 2 rings (SSSR count). The summed E-state index contributed by atoms with van der Waals surface area (Å²) in [5, 5.41) is 3.15. The number of para-hydroxylation sites is 1. The second-order valence-corrected chi connectivity index (χ2v) is 3.87. The lowest BCUT2D eigenvalue weighted by Gasteiger charge is -2.11. The lowest BCUT2D eigenvalue weighted by atomic mass is 10.1. The highest BCUT2D eigenvalue weighted by molar-refractivity contribution is 5.86. The van der Waals surface area contributed by atoms with Gasteiger partial charge in [0.25, 0.3) is 5.91 Å². The van der Waals surface area contributed by atoms with Crippen molar-refractivity contribution in [1.82, 2.24) is 5.48 Å². The van der Waals surface area contributed by atoms with Crippen molar-refractivity contribution in [1.29, 1.82) is 0 Å². The molecule has 0 aromatic heterocycles. The van der Waals surface area contributed by atoms with E-state index in [9.17, 15) is 4.79 Å². The molecule has 1 atom stereocenters. The highest BCUT2D eigenvalue weighted by atomic mass is 16.7. The third-order valence-electron chi connectivity index (χ3n) is 2.65. The van der Waals surface area contributed by atoms with Crippen LogP contribution in [0.4, 0.5) is 5.69 Å². The van der Waals surface area contributed by atoms with Crippen molar-refractivity contribution in [3.05, 3.63) is 29.8 Å². The number of carbonyl (C=O) groups excluding carboxylic acids is 1. The molecule has 1 heterocycles. The van der Waals surface area contributed by atoms with Crippen LogP contribution in [0.1, 0.15) is 5.56 Å². The van der Waals surface area contributed by atoms with Crippen LogP contribution in [-0.4, -0.2) is 32.3 Å². The number of hydroxylamine groups is 1. The summed E-state index contributed by atoms with van der Waals surface area (Å²) in [5.41, 5.74) is 4.59. The summed E-state index contributed by atoms with van der Waals surface area (Å²) in [6.07, 6.45) is 0.690. The minimum atomic E-state index is -0.255. The zero-order valence-corrected chi connectivity index (χ0v) is 9.73. The third kappa shape index (κ3) is 2.95. The Balaban J connectivity index is 1.80. The van der Waals surface area contributed by atoms with Gasteiger partial charge in [-0.3, -0.25) is 9.63 Å². The molecule has 1 aromatic carbocycles. The van der Waals surface area contributed by atoms with Gasteiger partial charge in [-0.1, -0.05) is 18.2 Å². The molecule has 0 bridgehead atoms. The quantitative estimate of drug-likeness (QED) is 0.584. The van der Waals surface area contributed by atoms with Gasteiger partial charge in [-0.25, -0.2) is 5.48 Å². The van der Waals surface area contributed by atoms with Gasteiger partial charge in [0.15, 0.2) is 0 Å². The Labute approximate surface area is 100 Å². The molecule has 0 spiro atoms. The van der Waals surface area contributed by atoms with Crippen LogP contribution in [0, 0.1) is 0 Å². The minimum Gasteiger partial charge on any atom is -0.382 e. The van der Waals surface area contributed by atoms with E-state index in [-0.39, 0.29) is 11.9 Å². The summed E-state index contributed by atoms with van der Waals surface area (Å²) in [6, 6.07) is 7.64. The highest BCUT2D eigenvalue weighted by Gasteiger charge is 2.26. The fraction of sp³-hybridized carbons (Fsp3) is 0.417. The molecule has 1 unspecified atom stereocenters. The maximum atomic E-state index is 11.7. The summed E-state index contributed by atoms with van der Waals surface area (Å²) < 4.78 is 4.81. The van der Waals surface area contributed by atoms with Gasteiger partial charge >= 0.3 is 0 Å². The second-order valence-electron chi connectivity index (χ2n) is 3.87. The van der Waals surface area contributed by atoms with Crippen molar-refractivity contribution in [2.24, 2.45) is 0 Å². The number of methoxy groups -OCH3 is 1. The van der Waals surface area contributed by atoms with Gasteiger partial charge in [-0.2, -0.15) is 0 Å². The smallest absolute Gasteiger partial charge is 0.266 e. The van der Waals surface area contributed by atoms with E-state index in [1.807, 2.05) is 24.3 Å². The molecule has 2 N–H and O–H groups in total. The monoisotopic (exact) mass is 236 g/mol. The molecule has 17 heavy (non-hydrogen) atoms. The summed E-state index contributed by atoms with van der Waals surface area (Å²) in [4.78, 5) is 16.7. The molecule has 1 aromatic rings. The zero-order chi connectivity index (χ0) is 12.1. The topological polar surface area (TPSA) is 59.6 Å². The molecule has 0 saturated carbocycles. The van der Waals surface area contributed by atoms with E-state index in [1.54, 1.807) is 7.11 Å². The van der Waals surface area contributed by atoms with Crippen LogP contribution in [-0.2, 0) is 20.8 Å². The van der Waals surface area contributed by atoms with Gasteiger partial charge in [-0.05, 0) is 11.6 Å². The average molecular weight is 236 g/mol. The molecule has 1 amide bonds. The number of nitrogens with one attached hydrogen (secondary N) is 2. The molecule has 0 radical (unpaired) electrons. The van der Waals surface area contributed by atoms with E-state index in [4.69, 9.17) is 9.57 Å². The van der Waals surface area contributed by atoms with Crippen molar-refractivity contribution < 1.29 is 14.4 Å². The first-order valence-corrected chi connectivity index (χ1v) is 5.56. The first-order valence-electron chi connectivity index (χ1n) is 5.56. The van der Waals surface area contributed by atoms with Crippen LogP contribution < -0.4 is 10.8 Å². The Kier molecular flexibility index (Phi) is 3.95. The molecule has 1 aliphatic heterocycles. The SMILES string of the molecule is COCCONC(=O)C1Cc2ccccc2N1. The van der Waals surface area contributed by atoms with Gasteiger partial charge < -0.3 is 10.1 Å². The standard InChI is InChI=1S/C12H16N2O3/c1-16-6-7-17-14-12(15)11-8-9-4-2-3-5-10(9)13-11/h2-5,11,13H,6-8H2,1H3,(H,14,15). The van der Waals surface area contributed by atoms with Crippen LogP contribution in [0.15, 0.2) is 24.3 Å². The van der Waals surface area contributed by atoms with E-state index < -0.39 is 0 Å². The van der Waals surface area contributed by atoms with Gasteiger partial charge in [0.2, 0.25) is 0 Å².